The van der Waals surface area contributed by atoms with Crippen molar-refractivity contribution in [2.75, 3.05) is 6.61 Å². The maximum Gasteiger partial charge on any atom is 0.245 e. The molecule has 1 aliphatic heterocycles. The molecule has 0 spiro atoms. The van der Waals surface area contributed by atoms with E-state index in [0.29, 0.717) is 18.3 Å². The molecular formula is C7H11N3O2. The minimum absolute atomic E-state index is 0.00204. The van der Waals surface area contributed by atoms with Crippen molar-refractivity contribution >= 4 is 0 Å². The van der Waals surface area contributed by atoms with Crippen molar-refractivity contribution < 1.29 is 9.15 Å². The summed E-state index contributed by atoms with van der Waals surface area (Å²) in [5.74, 6) is 1.04. The van der Waals surface area contributed by atoms with Gasteiger partial charge >= 0.3 is 0 Å². The number of ether oxygens (including phenoxy) is 1. The van der Waals surface area contributed by atoms with Crippen LogP contribution in [-0.2, 0) is 11.3 Å². The molecule has 66 valence electrons. The lowest BCUT2D eigenvalue weighted by molar-refractivity contribution is 0.0881. The molecular weight excluding hydrogens is 158 g/mol. The molecule has 0 bridgehead atoms. The lowest BCUT2D eigenvalue weighted by atomic mass is 10.2. The molecule has 0 aromatic carbocycles. The van der Waals surface area contributed by atoms with Gasteiger partial charge in [-0.1, -0.05) is 0 Å². The Labute approximate surface area is 69.9 Å². The largest absolute Gasteiger partial charge is 0.421 e. The highest BCUT2D eigenvalue weighted by atomic mass is 16.5. The van der Waals surface area contributed by atoms with E-state index in [4.69, 9.17) is 14.9 Å². The summed E-state index contributed by atoms with van der Waals surface area (Å²) in [6, 6.07) is 0. The van der Waals surface area contributed by atoms with E-state index in [-0.39, 0.29) is 6.10 Å². The number of rotatable bonds is 2. The van der Waals surface area contributed by atoms with E-state index in [1.54, 1.807) is 0 Å². The van der Waals surface area contributed by atoms with E-state index in [2.05, 4.69) is 10.2 Å². The number of aromatic nitrogens is 2. The maximum atomic E-state index is 5.36. The highest BCUT2D eigenvalue weighted by molar-refractivity contribution is 4.88. The van der Waals surface area contributed by atoms with E-state index in [1.165, 1.54) is 0 Å². The highest BCUT2D eigenvalue weighted by Crippen LogP contribution is 2.26. The van der Waals surface area contributed by atoms with Gasteiger partial charge in [-0.15, -0.1) is 10.2 Å². The van der Waals surface area contributed by atoms with Crippen molar-refractivity contribution in [1.82, 2.24) is 10.2 Å². The van der Waals surface area contributed by atoms with Gasteiger partial charge in [-0.2, -0.15) is 0 Å². The van der Waals surface area contributed by atoms with Crippen LogP contribution in [0.3, 0.4) is 0 Å². The summed E-state index contributed by atoms with van der Waals surface area (Å²) in [6.45, 7) is 1.07. The summed E-state index contributed by atoms with van der Waals surface area (Å²) in [7, 11) is 0. The third-order valence-corrected chi connectivity index (χ3v) is 1.86. The molecule has 1 aromatic heterocycles. The summed E-state index contributed by atoms with van der Waals surface area (Å²) in [4.78, 5) is 0. The van der Waals surface area contributed by atoms with E-state index >= 15 is 0 Å². The Morgan fingerprint density at radius 1 is 1.50 bits per heavy atom. The number of nitrogens with zero attached hydrogens (tertiary/aromatic N) is 2. The quantitative estimate of drug-likeness (QED) is 0.692. The highest BCUT2D eigenvalue weighted by Gasteiger charge is 2.23. The lowest BCUT2D eigenvalue weighted by Gasteiger charge is -2.00. The fraction of sp³-hybridized carbons (Fsp3) is 0.714. The van der Waals surface area contributed by atoms with Crippen LogP contribution < -0.4 is 5.73 Å². The molecule has 1 aromatic rings. The number of hydrogen-bond donors (Lipinski definition) is 1. The molecule has 1 fully saturated rings. The van der Waals surface area contributed by atoms with Crippen molar-refractivity contribution in [2.24, 2.45) is 5.73 Å². The monoisotopic (exact) mass is 169 g/mol. The molecule has 0 amide bonds. The van der Waals surface area contributed by atoms with Crippen LogP contribution in [0.1, 0.15) is 30.7 Å². The van der Waals surface area contributed by atoms with Crippen molar-refractivity contribution in [3.05, 3.63) is 11.8 Å². The first-order valence-electron chi connectivity index (χ1n) is 4.04. The molecule has 1 aliphatic rings. The van der Waals surface area contributed by atoms with Crippen molar-refractivity contribution in [1.29, 1.82) is 0 Å². The molecule has 1 unspecified atom stereocenters. The van der Waals surface area contributed by atoms with Gasteiger partial charge in [-0.3, -0.25) is 0 Å². The predicted molar refractivity (Wildman–Crippen MR) is 40.1 cm³/mol. The minimum Gasteiger partial charge on any atom is -0.421 e. The van der Waals surface area contributed by atoms with Gasteiger partial charge in [0.15, 0.2) is 0 Å². The van der Waals surface area contributed by atoms with Crippen LogP contribution >= 0.6 is 0 Å². The second-order valence-electron chi connectivity index (χ2n) is 2.74. The van der Waals surface area contributed by atoms with Crippen molar-refractivity contribution in [3.63, 3.8) is 0 Å². The molecule has 12 heavy (non-hydrogen) atoms. The van der Waals surface area contributed by atoms with Crippen molar-refractivity contribution in [3.8, 4) is 0 Å². The van der Waals surface area contributed by atoms with Gasteiger partial charge in [0.1, 0.15) is 6.10 Å². The topological polar surface area (TPSA) is 74.2 Å². The molecule has 2 N–H and O–H groups in total. The van der Waals surface area contributed by atoms with Crippen LogP contribution in [0, 0.1) is 0 Å². The van der Waals surface area contributed by atoms with Crippen LogP contribution in [0.2, 0.25) is 0 Å². The van der Waals surface area contributed by atoms with Gasteiger partial charge in [-0.05, 0) is 12.8 Å². The Morgan fingerprint density at radius 2 is 2.42 bits per heavy atom. The van der Waals surface area contributed by atoms with Gasteiger partial charge < -0.3 is 14.9 Å². The predicted octanol–water partition coefficient (Wildman–Crippen LogP) is 0.380. The van der Waals surface area contributed by atoms with Gasteiger partial charge in [0.2, 0.25) is 11.8 Å². The zero-order valence-corrected chi connectivity index (χ0v) is 6.69. The zero-order valence-electron chi connectivity index (χ0n) is 6.69. The fourth-order valence-electron chi connectivity index (χ4n) is 1.25. The molecule has 0 aliphatic carbocycles. The SMILES string of the molecule is NCc1nnc(C2CCCO2)o1. The van der Waals surface area contributed by atoms with E-state index < -0.39 is 0 Å². The third kappa shape index (κ3) is 1.33. The van der Waals surface area contributed by atoms with E-state index in [9.17, 15) is 0 Å². The average Bonchev–Trinajstić information content (AvgIpc) is 2.75. The summed E-state index contributed by atoms with van der Waals surface area (Å²) in [5.41, 5.74) is 5.32. The smallest absolute Gasteiger partial charge is 0.245 e. The van der Waals surface area contributed by atoms with E-state index in [1.807, 2.05) is 0 Å². The van der Waals surface area contributed by atoms with Crippen LogP contribution in [0.4, 0.5) is 0 Å². The van der Waals surface area contributed by atoms with Crippen LogP contribution in [0.15, 0.2) is 4.42 Å². The van der Waals surface area contributed by atoms with Crippen LogP contribution in [0.25, 0.3) is 0 Å². The average molecular weight is 169 g/mol. The number of nitrogens with two attached hydrogens (primary N) is 1. The van der Waals surface area contributed by atoms with Crippen LogP contribution in [-0.4, -0.2) is 16.8 Å². The fourth-order valence-corrected chi connectivity index (χ4v) is 1.25. The second-order valence-corrected chi connectivity index (χ2v) is 2.74. The van der Waals surface area contributed by atoms with Gasteiger partial charge in [0.05, 0.1) is 6.54 Å². The van der Waals surface area contributed by atoms with Gasteiger partial charge in [-0.25, -0.2) is 0 Å². The lowest BCUT2D eigenvalue weighted by Crippen LogP contribution is -1.96. The molecule has 1 saturated heterocycles. The Hall–Kier alpha value is -0.940. The molecule has 0 radical (unpaired) electrons. The molecule has 0 saturated carbocycles. The summed E-state index contributed by atoms with van der Waals surface area (Å²) in [5, 5.41) is 7.60. The first-order valence-corrected chi connectivity index (χ1v) is 4.04. The Kier molecular flexibility index (Phi) is 2.05. The molecule has 2 heterocycles. The summed E-state index contributed by atoms with van der Waals surface area (Å²) >= 11 is 0. The van der Waals surface area contributed by atoms with Crippen LogP contribution in [0.5, 0.6) is 0 Å². The van der Waals surface area contributed by atoms with E-state index in [0.717, 1.165) is 19.4 Å². The number of hydrogen-bond acceptors (Lipinski definition) is 5. The first-order chi connectivity index (χ1) is 5.90. The maximum absolute atomic E-state index is 5.36. The first kappa shape index (κ1) is 7.70. The molecule has 1 atom stereocenters. The molecule has 5 nitrogen and oxygen atoms in total. The van der Waals surface area contributed by atoms with Crippen molar-refractivity contribution in [2.45, 2.75) is 25.5 Å². The minimum atomic E-state index is -0.00204. The second kappa shape index (κ2) is 3.20. The standard InChI is InChI=1S/C7H11N3O2/c8-4-6-9-10-7(12-6)5-2-1-3-11-5/h5H,1-4,8H2. The normalized spacial score (nSPS) is 23.2. The zero-order chi connectivity index (χ0) is 8.39. The summed E-state index contributed by atoms with van der Waals surface area (Å²) in [6.07, 6.45) is 2.02. The Bertz CT molecular complexity index is 255. The molecule has 2 rings (SSSR count). The van der Waals surface area contributed by atoms with Gasteiger partial charge in [0.25, 0.3) is 0 Å². The molecule has 5 heteroatoms. The summed E-state index contributed by atoms with van der Waals surface area (Å²) < 4.78 is 10.6. The Balaban J connectivity index is 2.11. The van der Waals surface area contributed by atoms with Gasteiger partial charge in [0, 0.05) is 6.61 Å². The third-order valence-electron chi connectivity index (χ3n) is 1.86. The Morgan fingerprint density at radius 3 is 3.00 bits per heavy atom.